The highest BCUT2D eigenvalue weighted by molar-refractivity contribution is 5.99. The summed E-state index contributed by atoms with van der Waals surface area (Å²) in [7, 11) is 0. The van der Waals surface area contributed by atoms with Gasteiger partial charge in [0.05, 0.1) is 0 Å². The van der Waals surface area contributed by atoms with Crippen LogP contribution in [-0.4, -0.2) is 34.8 Å². The third-order valence-electron chi connectivity index (χ3n) is 4.55. The van der Waals surface area contributed by atoms with Gasteiger partial charge in [-0.15, -0.1) is 0 Å². The van der Waals surface area contributed by atoms with E-state index in [0.29, 0.717) is 5.92 Å². The predicted octanol–water partition coefficient (Wildman–Crippen LogP) is 1.94. The molecule has 0 bridgehead atoms. The largest absolute Gasteiger partial charge is 0.342 e. The van der Waals surface area contributed by atoms with E-state index < -0.39 is 11.6 Å². The first-order chi connectivity index (χ1) is 8.64. The molecule has 0 spiro atoms. The third-order valence-corrected chi connectivity index (χ3v) is 4.55. The number of rotatable bonds is 2. The molecule has 19 heavy (non-hydrogen) atoms. The average Bonchev–Trinajstić information content (AvgIpc) is 2.19. The summed E-state index contributed by atoms with van der Waals surface area (Å²) in [6.07, 6.45) is 3.62. The maximum atomic E-state index is 12.7. The molecule has 1 aliphatic carbocycles. The van der Waals surface area contributed by atoms with E-state index in [1.807, 2.05) is 39.5 Å². The van der Waals surface area contributed by atoms with Gasteiger partial charge in [0.25, 0.3) is 0 Å². The van der Waals surface area contributed by atoms with Crippen LogP contribution in [0.2, 0.25) is 0 Å². The fourth-order valence-electron chi connectivity index (χ4n) is 2.76. The van der Waals surface area contributed by atoms with Gasteiger partial charge in [-0.3, -0.25) is 9.59 Å². The standard InChI is InChI=1S/C15H26N2O2/c1-14(2,3)11-12(18)17(9-10-7-6-8-10)15(4,5)13(19)16-11/h10-11H,6-9H2,1-5H3,(H,16,19). The van der Waals surface area contributed by atoms with Gasteiger partial charge < -0.3 is 10.2 Å². The molecule has 2 rings (SSSR count). The van der Waals surface area contributed by atoms with Crippen molar-refractivity contribution in [2.75, 3.05) is 6.54 Å². The van der Waals surface area contributed by atoms with Crippen molar-refractivity contribution in [3.05, 3.63) is 0 Å². The quantitative estimate of drug-likeness (QED) is 0.830. The topological polar surface area (TPSA) is 49.4 Å². The highest BCUT2D eigenvalue weighted by Gasteiger charge is 2.50. The lowest BCUT2D eigenvalue weighted by Crippen LogP contribution is -2.71. The summed E-state index contributed by atoms with van der Waals surface area (Å²) in [4.78, 5) is 26.8. The van der Waals surface area contributed by atoms with Crippen molar-refractivity contribution >= 4 is 11.8 Å². The number of hydrogen-bond donors (Lipinski definition) is 1. The molecule has 0 aromatic carbocycles. The van der Waals surface area contributed by atoms with E-state index in [9.17, 15) is 9.59 Å². The van der Waals surface area contributed by atoms with E-state index in [0.717, 1.165) is 6.54 Å². The van der Waals surface area contributed by atoms with E-state index in [4.69, 9.17) is 0 Å². The minimum absolute atomic E-state index is 0.0358. The molecule has 0 aromatic heterocycles. The number of nitrogens with one attached hydrogen (secondary N) is 1. The molecule has 4 heteroatoms. The zero-order valence-corrected chi connectivity index (χ0v) is 12.7. The Morgan fingerprint density at radius 1 is 1.26 bits per heavy atom. The Labute approximate surface area is 115 Å². The summed E-state index contributed by atoms with van der Waals surface area (Å²) >= 11 is 0. The van der Waals surface area contributed by atoms with Crippen molar-refractivity contribution in [1.82, 2.24) is 10.2 Å². The molecular formula is C15H26N2O2. The number of amides is 2. The zero-order valence-electron chi connectivity index (χ0n) is 12.7. The van der Waals surface area contributed by atoms with Gasteiger partial charge >= 0.3 is 0 Å². The van der Waals surface area contributed by atoms with E-state index >= 15 is 0 Å². The summed E-state index contributed by atoms with van der Waals surface area (Å²) in [6, 6.07) is -0.409. The molecule has 0 radical (unpaired) electrons. The molecule has 1 atom stereocenters. The van der Waals surface area contributed by atoms with Gasteiger partial charge in [-0.25, -0.2) is 0 Å². The van der Waals surface area contributed by atoms with Gasteiger partial charge in [0.15, 0.2) is 0 Å². The number of carbonyl (C=O) groups is 2. The molecule has 2 amide bonds. The molecule has 1 aliphatic heterocycles. The molecular weight excluding hydrogens is 240 g/mol. The Morgan fingerprint density at radius 2 is 1.84 bits per heavy atom. The van der Waals surface area contributed by atoms with Crippen molar-refractivity contribution in [3.63, 3.8) is 0 Å². The molecule has 0 aromatic rings. The third kappa shape index (κ3) is 2.49. The van der Waals surface area contributed by atoms with Gasteiger partial charge in [0, 0.05) is 6.54 Å². The number of hydrogen-bond acceptors (Lipinski definition) is 2. The van der Waals surface area contributed by atoms with Crippen LogP contribution < -0.4 is 5.32 Å². The Hall–Kier alpha value is -1.06. The van der Waals surface area contributed by atoms with Crippen LogP contribution in [-0.2, 0) is 9.59 Å². The second-order valence-corrected chi connectivity index (χ2v) is 7.58. The van der Waals surface area contributed by atoms with Crippen LogP contribution in [0.3, 0.4) is 0 Å². The lowest BCUT2D eigenvalue weighted by Gasteiger charge is -2.49. The SMILES string of the molecule is CC(C)(C)C1NC(=O)C(C)(C)N(CC2CCC2)C1=O. The monoisotopic (exact) mass is 266 g/mol. The van der Waals surface area contributed by atoms with Crippen molar-refractivity contribution in [2.45, 2.75) is 65.5 Å². The minimum Gasteiger partial charge on any atom is -0.342 e. The summed E-state index contributed by atoms with van der Waals surface area (Å²) in [6.45, 7) is 10.4. The first kappa shape index (κ1) is 14.4. The predicted molar refractivity (Wildman–Crippen MR) is 74.5 cm³/mol. The molecule has 1 N–H and O–H groups in total. The van der Waals surface area contributed by atoms with Crippen molar-refractivity contribution < 1.29 is 9.59 Å². The summed E-state index contributed by atoms with van der Waals surface area (Å²) in [5.41, 5.74) is -0.977. The van der Waals surface area contributed by atoms with Crippen LogP contribution in [0.25, 0.3) is 0 Å². The average molecular weight is 266 g/mol. The molecule has 1 unspecified atom stereocenters. The normalized spacial score (nSPS) is 28.1. The molecule has 108 valence electrons. The van der Waals surface area contributed by atoms with Crippen molar-refractivity contribution in [1.29, 1.82) is 0 Å². The highest BCUT2D eigenvalue weighted by Crippen LogP contribution is 2.34. The lowest BCUT2D eigenvalue weighted by molar-refractivity contribution is -0.159. The number of carbonyl (C=O) groups excluding carboxylic acids is 2. The van der Waals surface area contributed by atoms with Gasteiger partial charge in [0.1, 0.15) is 11.6 Å². The fourth-order valence-corrected chi connectivity index (χ4v) is 2.76. The van der Waals surface area contributed by atoms with E-state index in [2.05, 4.69) is 5.32 Å². The zero-order chi connectivity index (χ0) is 14.4. The molecule has 1 saturated heterocycles. The van der Waals surface area contributed by atoms with E-state index in [1.165, 1.54) is 19.3 Å². The minimum atomic E-state index is -0.728. The van der Waals surface area contributed by atoms with Crippen LogP contribution in [0.4, 0.5) is 0 Å². The van der Waals surface area contributed by atoms with Gasteiger partial charge in [-0.05, 0) is 38.0 Å². The first-order valence-corrected chi connectivity index (χ1v) is 7.26. The maximum Gasteiger partial charge on any atom is 0.246 e. The Morgan fingerprint density at radius 3 is 2.26 bits per heavy atom. The lowest BCUT2D eigenvalue weighted by atomic mass is 9.79. The van der Waals surface area contributed by atoms with Crippen molar-refractivity contribution in [3.8, 4) is 0 Å². The van der Waals surface area contributed by atoms with Gasteiger partial charge in [-0.1, -0.05) is 27.2 Å². The van der Waals surface area contributed by atoms with Crippen LogP contribution in [0.1, 0.15) is 53.9 Å². The number of piperazine rings is 1. The Bertz CT molecular complexity index is 391. The van der Waals surface area contributed by atoms with Crippen molar-refractivity contribution in [2.24, 2.45) is 11.3 Å². The Balaban J connectivity index is 2.23. The Kier molecular flexibility index (Phi) is 3.40. The highest BCUT2D eigenvalue weighted by atomic mass is 16.2. The first-order valence-electron chi connectivity index (χ1n) is 7.26. The molecule has 1 saturated carbocycles. The van der Waals surface area contributed by atoms with Crippen LogP contribution in [0, 0.1) is 11.3 Å². The summed E-state index contributed by atoms with van der Waals surface area (Å²) in [5.74, 6) is 0.616. The molecule has 1 heterocycles. The summed E-state index contributed by atoms with van der Waals surface area (Å²) < 4.78 is 0. The van der Waals surface area contributed by atoms with Crippen LogP contribution in [0.5, 0.6) is 0 Å². The maximum absolute atomic E-state index is 12.7. The van der Waals surface area contributed by atoms with E-state index in [-0.39, 0.29) is 17.2 Å². The fraction of sp³-hybridized carbons (Fsp3) is 0.867. The molecule has 2 aliphatic rings. The van der Waals surface area contributed by atoms with Crippen LogP contribution in [0.15, 0.2) is 0 Å². The van der Waals surface area contributed by atoms with Gasteiger partial charge in [0.2, 0.25) is 11.8 Å². The molecule has 4 nitrogen and oxygen atoms in total. The van der Waals surface area contributed by atoms with E-state index in [1.54, 1.807) is 0 Å². The second kappa shape index (κ2) is 4.50. The summed E-state index contributed by atoms with van der Waals surface area (Å²) in [5, 5.41) is 2.91. The number of nitrogens with zero attached hydrogens (tertiary/aromatic N) is 1. The van der Waals surface area contributed by atoms with Crippen LogP contribution >= 0.6 is 0 Å². The molecule has 2 fully saturated rings. The smallest absolute Gasteiger partial charge is 0.246 e. The second-order valence-electron chi connectivity index (χ2n) is 7.58. The van der Waals surface area contributed by atoms with Gasteiger partial charge in [-0.2, -0.15) is 0 Å².